The molecule has 0 spiro atoms. The Morgan fingerprint density at radius 2 is 1.76 bits per heavy atom. The van der Waals surface area contributed by atoms with Gasteiger partial charge in [-0.3, -0.25) is 4.79 Å². The summed E-state index contributed by atoms with van der Waals surface area (Å²) in [6.07, 6.45) is 1.54. The number of rotatable bonds is 7. The molecule has 29 heavy (non-hydrogen) atoms. The van der Waals surface area contributed by atoms with E-state index in [-0.39, 0.29) is 17.7 Å². The first kappa shape index (κ1) is 19.0. The van der Waals surface area contributed by atoms with Crippen molar-refractivity contribution < 1.29 is 13.6 Å². The Morgan fingerprint density at radius 1 is 1.00 bits per heavy atom. The van der Waals surface area contributed by atoms with Crippen molar-refractivity contribution in [2.45, 2.75) is 18.2 Å². The third kappa shape index (κ3) is 4.75. The minimum absolute atomic E-state index is 0.103. The van der Waals surface area contributed by atoms with Crippen LogP contribution in [0.15, 0.2) is 87.1 Å². The molecule has 0 radical (unpaired) electrons. The lowest BCUT2D eigenvalue weighted by molar-refractivity contribution is -0.119. The zero-order valence-electron chi connectivity index (χ0n) is 15.7. The predicted octanol–water partition coefficient (Wildman–Crippen LogP) is 4.97. The molecule has 0 aliphatic carbocycles. The maximum Gasteiger partial charge on any atom is 0.284 e. The zero-order chi connectivity index (χ0) is 20.1. The SMILES string of the molecule is CC(NC(=O)CSc1nnc(-c2ccco2)o1)c1ccc(-c2ccccc2)cc1. The maximum atomic E-state index is 12.3. The Hall–Kier alpha value is -3.32. The molecule has 0 fully saturated rings. The van der Waals surface area contributed by atoms with Crippen molar-refractivity contribution in [2.24, 2.45) is 0 Å². The van der Waals surface area contributed by atoms with Gasteiger partial charge >= 0.3 is 0 Å². The lowest BCUT2D eigenvalue weighted by atomic mass is 10.0. The van der Waals surface area contributed by atoms with Crippen LogP contribution in [-0.4, -0.2) is 21.9 Å². The van der Waals surface area contributed by atoms with Crippen molar-refractivity contribution in [2.75, 3.05) is 5.75 Å². The minimum Gasteiger partial charge on any atom is -0.459 e. The van der Waals surface area contributed by atoms with Crippen LogP contribution < -0.4 is 5.32 Å². The topological polar surface area (TPSA) is 81.2 Å². The van der Waals surface area contributed by atoms with E-state index in [0.29, 0.717) is 16.9 Å². The predicted molar refractivity (Wildman–Crippen MR) is 111 cm³/mol. The summed E-state index contributed by atoms with van der Waals surface area (Å²) < 4.78 is 10.7. The summed E-state index contributed by atoms with van der Waals surface area (Å²) >= 11 is 1.19. The number of benzene rings is 2. The monoisotopic (exact) mass is 405 g/mol. The summed E-state index contributed by atoms with van der Waals surface area (Å²) in [5.41, 5.74) is 3.36. The fraction of sp³-hybridized carbons (Fsp3) is 0.136. The van der Waals surface area contributed by atoms with Crippen molar-refractivity contribution in [3.8, 4) is 22.8 Å². The molecule has 2 heterocycles. The number of nitrogens with one attached hydrogen (secondary N) is 1. The van der Waals surface area contributed by atoms with E-state index in [0.717, 1.165) is 11.1 Å². The largest absolute Gasteiger partial charge is 0.459 e. The van der Waals surface area contributed by atoms with Crippen molar-refractivity contribution in [3.63, 3.8) is 0 Å². The number of hydrogen-bond acceptors (Lipinski definition) is 6. The van der Waals surface area contributed by atoms with Gasteiger partial charge in [-0.25, -0.2) is 0 Å². The van der Waals surface area contributed by atoms with Crippen LogP contribution in [0, 0.1) is 0 Å². The highest BCUT2D eigenvalue weighted by Crippen LogP contribution is 2.24. The van der Waals surface area contributed by atoms with Gasteiger partial charge in [-0.1, -0.05) is 66.4 Å². The number of amides is 1. The normalized spacial score (nSPS) is 11.9. The van der Waals surface area contributed by atoms with Crippen LogP contribution in [0.1, 0.15) is 18.5 Å². The number of furan rings is 1. The van der Waals surface area contributed by atoms with Crippen molar-refractivity contribution in [1.82, 2.24) is 15.5 Å². The number of hydrogen-bond donors (Lipinski definition) is 1. The average Bonchev–Trinajstić information content (AvgIpc) is 3.45. The van der Waals surface area contributed by atoms with E-state index in [1.165, 1.54) is 23.6 Å². The molecule has 0 saturated carbocycles. The van der Waals surface area contributed by atoms with Crippen molar-refractivity contribution >= 4 is 17.7 Å². The molecule has 4 rings (SSSR count). The van der Waals surface area contributed by atoms with E-state index in [4.69, 9.17) is 8.83 Å². The molecule has 0 aliphatic heterocycles. The first-order valence-electron chi connectivity index (χ1n) is 9.14. The Kier molecular flexibility index (Phi) is 5.76. The molecule has 0 aliphatic rings. The quantitative estimate of drug-likeness (QED) is 0.437. The van der Waals surface area contributed by atoms with Gasteiger partial charge in [-0.15, -0.1) is 10.2 Å². The summed E-state index contributed by atoms with van der Waals surface area (Å²) in [5.74, 6) is 0.880. The van der Waals surface area contributed by atoms with E-state index >= 15 is 0 Å². The van der Waals surface area contributed by atoms with E-state index in [1.54, 1.807) is 12.1 Å². The van der Waals surface area contributed by atoms with Crippen LogP contribution in [-0.2, 0) is 4.79 Å². The Labute approximate surface area is 172 Å². The smallest absolute Gasteiger partial charge is 0.284 e. The van der Waals surface area contributed by atoms with Gasteiger partial charge in [0.1, 0.15) is 0 Å². The first-order valence-corrected chi connectivity index (χ1v) is 10.1. The fourth-order valence-electron chi connectivity index (χ4n) is 2.86. The van der Waals surface area contributed by atoms with E-state index < -0.39 is 0 Å². The van der Waals surface area contributed by atoms with Crippen LogP contribution in [0.4, 0.5) is 0 Å². The lowest BCUT2D eigenvalue weighted by Crippen LogP contribution is -2.28. The van der Waals surface area contributed by atoms with Crippen LogP contribution >= 0.6 is 11.8 Å². The fourth-order valence-corrected chi connectivity index (χ4v) is 3.43. The molecule has 1 amide bonds. The highest BCUT2D eigenvalue weighted by Gasteiger charge is 2.14. The molecule has 2 aromatic heterocycles. The summed E-state index contributed by atoms with van der Waals surface area (Å²) in [5, 5.41) is 11.2. The molecule has 1 N–H and O–H groups in total. The number of carbonyl (C=O) groups excluding carboxylic acids is 1. The van der Waals surface area contributed by atoms with Crippen LogP contribution in [0.3, 0.4) is 0 Å². The van der Waals surface area contributed by atoms with Gasteiger partial charge in [0, 0.05) is 0 Å². The zero-order valence-corrected chi connectivity index (χ0v) is 16.6. The lowest BCUT2D eigenvalue weighted by Gasteiger charge is -2.14. The second-order valence-corrected chi connectivity index (χ2v) is 7.34. The summed E-state index contributed by atoms with van der Waals surface area (Å²) in [6.45, 7) is 1.96. The molecule has 1 atom stereocenters. The third-order valence-electron chi connectivity index (χ3n) is 4.36. The highest BCUT2D eigenvalue weighted by molar-refractivity contribution is 7.99. The van der Waals surface area contributed by atoms with E-state index in [2.05, 4.69) is 39.8 Å². The van der Waals surface area contributed by atoms with E-state index in [9.17, 15) is 4.79 Å². The van der Waals surface area contributed by atoms with Gasteiger partial charge < -0.3 is 14.2 Å². The van der Waals surface area contributed by atoms with Crippen molar-refractivity contribution in [3.05, 3.63) is 78.6 Å². The van der Waals surface area contributed by atoms with Crippen LogP contribution in [0.5, 0.6) is 0 Å². The second-order valence-electron chi connectivity index (χ2n) is 6.42. The molecule has 7 heteroatoms. The van der Waals surface area contributed by atoms with Crippen LogP contribution in [0.2, 0.25) is 0 Å². The molecular weight excluding hydrogens is 386 g/mol. The number of nitrogens with zero attached hydrogens (tertiary/aromatic N) is 2. The van der Waals surface area contributed by atoms with Gasteiger partial charge in [0.2, 0.25) is 5.91 Å². The second kappa shape index (κ2) is 8.79. The minimum atomic E-state index is -0.104. The number of aromatic nitrogens is 2. The summed E-state index contributed by atoms with van der Waals surface area (Å²) in [7, 11) is 0. The molecule has 2 aromatic carbocycles. The Bertz CT molecular complexity index is 1060. The van der Waals surface area contributed by atoms with Gasteiger partial charge in [0.15, 0.2) is 5.76 Å². The maximum absolute atomic E-state index is 12.3. The number of thioether (sulfide) groups is 1. The van der Waals surface area contributed by atoms with Crippen LogP contribution in [0.25, 0.3) is 22.8 Å². The molecule has 4 aromatic rings. The Balaban J connectivity index is 1.30. The average molecular weight is 405 g/mol. The van der Waals surface area contributed by atoms with E-state index in [1.807, 2.05) is 37.3 Å². The number of carbonyl (C=O) groups is 1. The van der Waals surface area contributed by atoms with Gasteiger partial charge in [-0.05, 0) is 35.7 Å². The first-order chi connectivity index (χ1) is 14.2. The molecule has 6 nitrogen and oxygen atoms in total. The van der Waals surface area contributed by atoms with Gasteiger partial charge in [-0.2, -0.15) is 0 Å². The molecule has 0 saturated heterocycles. The molecule has 146 valence electrons. The molecular formula is C22H19N3O3S. The summed E-state index contributed by atoms with van der Waals surface area (Å²) in [4.78, 5) is 12.3. The van der Waals surface area contributed by atoms with Gasteiger partial charge in [0.25, 0.3) is 11.1 Å². The Morgan fingerprint density at radius 3 is 2.48 bits per heavy atom. The highest BCUT2D eigenvalue weighted by atomic mass is 32.2. The molecule has 0 bridgehead atoms. The van der Waals surface area contributed by atoms with Crippen molar-refractivity contribution in [1.29, 1.82) is 0 Å². The molecule has 1 unspecified atom stereocenters. The standard InChI is InChI=1S/C22H19N3O3S/c1-15(16-9-11-18(12-10-16)17-6-3-2-4-7-17)23-20(26)14-29-22-25-24-21(28-22)19-8-5-13-27-19/h2-13,15H,14H2,1H3,(H,23,26). The summed E-state index contributed by atoms with van der Waals surface area (Å²) in [6, 6.07) is 21.8. The van der Waals surface area contributed by atoms with Gasteiger partial charge in [0.05, 0.1) is 18.1 Å². The third-order valence-corrected chi connectivity index (χ3v) is 5.18.